The highest BCUT2D eigenvalue weighted by Gasteiger charge is 2.15. The van der Waals surface area contributed by atoms with E-state index in [1.807, 2.05) is 0 Å². The van der Waals surface area contributed by atoms with Crippen LogP contribution in [0.15, 0.2) is 91.1 Å². The first-order valence-corrected chi connectivity index (χ1v) is 9.35. The van der Waals surface area contributed by atoms with Gasteiger partial charge in [0.15, 0.2) is 6.20 Å². The highest BCUT2D eigenvalue weighted by Crippen LogP contribution is 2.31. The van der Waals surface area contributed by atoms with Gasteiger partial charge >= 0.3 is 0 Å². The number of rotatable bonds is 3. The van der Waals surface area contributed by atoms with Gasteiger partial charge in [-0.2, -0.15) is 0 Å². The molecule has 1 heteroatoms. The van der Waals surface area contributed by atoms with Crippen LogP contribution in [0, 0.1) is 13.8 Å². The zero-order valence-electron chi connectivity index (χ0n) is 16.1. The Labute approximate surface area is 161 Å². The van der Waals surface area contributed by atoms with E-state index >= 15 is 0 Å². The standard InChI is InChI=1S/C26H24N/c1-19-9-7-8-12-24(19)23-14-13-20(2)25(17-23)26-18-22(15-16-27(26)3)21-10-5-4-6-11-21/h4-18H,1-3H3/q+1. The summed E-state index contributed by atoms with van der Waals surface area (Å²) in [6, 6.07) is 30.4. The molecule has 0 radical (unpaired) electrons. The maximum Gasteiger partial charge on any atom is 0.213 e. The predicted molar refractivity (Wildman–Crippen MR) is 113 cm³/mol. The van der Waals surface area contributed by atoms with Crippen LogP contribution in [0.25, 0.3) is 33.5 Å². The van der Waals surface area contributed by atoms with Gasteiger partial charge in [0, 0.05) is 17.7 Å². The third-order valence-corrected chi connectivity index (χ3v) is 5.23. The van der Waals surface area contributed by atoms with Crippen LogP contribution >= 0.6 is 0 Å². The van der Waals surface area contributed by atoms with Crippen molar-refractivity contribution in [2.75, 3.05) is 0 Å². The molecule has 0 saturated heterocycles. The average molecular weight is 350 g/mol. The number of aryl methyl sites for hydroxylation is 3. The Hall–Kier alpha value is -3.19. The molecule has 0 unspecified atom stereocenters. The maximum absolute atomic E-state index is 2.32. The van der Waals surface area contributed by atoms with Gasteiger partial charge in [-0.3, -0.25) is 0 Å². The van der Waals surface area contributed by atoms with Gasteiger partial charge < -0.3 is 0 Å². The fourth-order valence-corrected chi connectivity index (χ4v) is 3.61. The first-order chi connectivity index (χ1) is 13.1. The SMILES string of the molecule is Cc1ccccc1-c1ccc(C)c(-c2cc(-c3ccccc3)cc[n+]2C)c1. The van der Waals surface area contributed by atoms with E-state index in [1.54, 1.807) is 0 Å². The Kier molecular flexibility index (Phi) is 4.60. The van der Waals surface area contributed by atoms with Crippen molar-refractivity contribution in [3.63, 3.8) is 0 Å². The maximum atomic E-state index is 2.32. The predicted octanol–water partition coefficient (Wildman–Crippen LogP) is 6.13. The molecule has 0 bridgehead atoms. The van der Waals surface area contributed by atoms with Gasteiger partial charge in [0.2, 0.25) is 5.69 Å². The molecule has 0 atom stereocenters. The lowest BCUT2D eigenvalue weighted by Gasteiger charge is -2.11. The summed E-state index contributed by atoms with van der Waals surface area (Å²) in [4.78, 5) is 0. The Balaban J connectivity index is 1.86. The van der Waals surface area contributed by atoms with Crippen LogP contribution in [0.4, 0.5) is 0 Å². The number of benzene rings is 3. The molecule has 0 aliphatic rings. The Morgan fingerprint density at radius 2 is 1.26 bits per heavy atom. The van der Waals surface area contributed by atoms with Crippen molar-refractivity contribution in [3.8, 4) is 33.5 Å². The van der Waals surface area contributed by atoms with Gasteiger partial charge in [0.05, 0.1) is 0 Å². The molecule has 1 heterocycles. The molecule has 1 aromatic heterocycles. The highest BCUT2D eigenvalue weighted by molar-refractivity contribution is 5.76. The van der Waals surface area contributed by atoms with Crippen molar-refractivity contribution in [2.24, 2.45) is 7.05 Å². The smallest absolute Gasteiger partial charge is 0.201 e. The van der Waals surface area contributed by atoms with E-state index in [4.69, 9.17) is 0 Å². The van der Waals surface area contributed by atoms with Gasteiger partial charge in [0.1, 0.15) is 7.05 Å². The molecule has 0 aliphatic heterocycles. The minimum absolute atomic E-state index is 1.23. The van der Waals surface area contributed by atoms with Crippen molar-refractivity contribution in [3.05, 3.63) is 102 Å². The van der Waals surface area contributed by atoms with E-state index in [-0.39, 0.29) is 0 Å². The Morgan fingerprint density at radius 3 is 2.04 bits per heavy atom. The summed E-state index contributed by atoms with van der Waals surface area (Å²) in [6.45, 7) is 4.36. The number of pyridine rings is 1. The molecule has 0 amide bonds. The molecule has 0 saturated carbocycles. The molecular formula is C26H24N+. The van der Waals surface area contributed by atoms with Crippen LogP contribution in [-0.2, 0) is 7.05 Å². The first kappa shape index (κ1) is 17.2. The number of hydrogen-bond acceptors (Lipinski definition) is 0. The van der Waals surface area contributed by atoms with Gasteiger partial charge in [-0.05, 0) is 53.3 Å². The molecule has 0 N–H and O–H groups in total. The minimum atomic E-state index is 1.23. The summed E-state index contributed by atoms with van der Waals surface area (Å²) >= 11 is 0. The van der Waals surface area contributed by atoms with Crippen LogP contribution < -0.4 is 4.57 Å². The van der Waals surface area contributed by atoms with E-state index in [0.29, 0.717) is 0 Å². The van der Waals surface area contributed by atoms with E-state index in [9.17, 15) is 0 Å². The van der Waals surface area contributed by atoms with E-state index in [1.165, 1.54) is 44.6 Å². The van der Waals surface area contributed by atoms with Gasteiger partial charge in [-0.15, -0.1) is 0 Å². The second kappa shape index (κ2) is 7.20. The second-order valence-corrected chi connectivity index (χ2v) is 7.12. The van der Waals surface area contributed by atoms with Gasteiger partial charge in [-0.25, -0.2) is 4.57 Å². The summed E-state index contributed by atoms with van der Waals surface area (Å²) < 4.78 is 2.20. The quantitative estimate of drug-likeness (QED) is 0.391. The first-order valence-electron chi connectivity index (χ1n) is 9.35. The average Bonchev–Trinajstić information content (AvgIpc) is 2.70. The normalized spacial score (nSPS) is 10.8. The van der Waals surface area contributed by atoms with Crippen molar-refractivity contribution in [1.29, 1.82) is 0 Å². The summed E-state index contributed by atoms with van der Waals surface area (Å²) in [6.07, 6.45) is 2.15. The van der Waals surface area contributed by atoms with Crippen molar-refractivity contribution in [1.82, 2.24) is 0 Å². The largest absolute Gasteiger partial charge is 0.213 e. The molecule has 3 aromatic carbocycles. The summed E-state index contributed by atoms with van der Waals surface area (Å²) in [5, 5.41) is 0. The van der Waals surface area contributed by atoms with Crippen LogP contribution in [0.3, 0.4) is 0 Å². The number of hydrogen-bond donors (Lipinski definition) is 0. The lowest BCUT2D eigenvalue weighted by molar-refractivity contribution is -0.660. The van der Waals surface area contributed by atoms with Crippen molar-refractivity contribution in [2.45, 2.75) is 13.8 Å². The molecular weight excluding hydrogens is 326 g/mol. The molecule has 132 valence electrons. The van der Waals surface area contributed by atoms with Crippen LogP contribution in [0.5, 0.6) is 0 Å². The zero-order valence-corrected chi connectivity index (χ0v) is 16.1. The van der Waals surface area contributed by atoms with Crippen molar-refractivity contribution < 1.29 is 4.57 Å². The topological polar surface area (TPSA) is 3.88 Å². The molecule has 4 aromatic rings. The molecule has 0 spiro atoms. The van der Waals surface area contributed by atoms with Gasteiger partial charge in [0.25, 0.3) is 0 Å². The van der Waals surface area contributed by atoms with E-state index in [2.05, 4.69) is 117 Å². The molecule has 4 rings (SSSR count). The zero-order chi connectivity index (χ0) is 18.8. The molecule has 0 fully saturated rings. The van der Waals surface area contributed by atoms with E-state index < -0.39 is 0 Å². The Bertz CT molecular complexity index is 1090. The highest BCUT2D eigenvalue weighted by atomic mass is 14.9. The lowest BCUT2D eigenvalue weighted by atomic mass is 9.94. The summed E-state index contributed by atoms with van der Waals surface area (Å²) in [5.41, 5.74) is 10.1. The molecule has 0 aliphatic carbocycles. The second-order valence-electron chi connectivity index (χ2n) is 7.12. The van der Waals surface area contributed by atoms with Crippen LogP contribution in [0.1, 0.15) is 11.1 Å². The minimum Gasteiger partial charge on any atom is -0.201 e. The summed E-state index contributed by atoms with van der Waals surface area (Å²) in [7, 11) is 2.12. The third-order valence-electron chi connectivity index (χ3n) is 5.23. The third kappa shape index (κ3) is 3.41. The number of nitrogens with zero attached hydrogens (tertiary/aromatic N) is 1. The summed E-state index contributed by atoms with van der Waals surface area (Å²) in [5.74, 6) is 0. The molecule has 1 nitrogen and oxygen atoms in total. The van der Waals surface area contributed by atoms with Crippen molar-refractivity contribution >= 4 is 0 Å². The monoisotopic (exact) mass is 350 g/mol. The molecule has 27 heavy (non-hydrogen) atoms. The van der Waals surface area contributed by atoms with Crippen LogP contribution in [-0.4, -0.2) is 0 Å². The number of aromatic nitrogens is 1. The van der Waals surface area contributed by atoms with Gasteiger partial charge in [-0.1, -0.05) is 66.7 Å². The Morgan fingerprint density at radius 1 is 0.556 bits per heavy atom. The lowest BCUT2D eigenvalue weighted by Crippen LogP contribution is -2.30. The van der Waals surface area contributed by atoms with Crippen LogP contribution in [0.2, 0.25) is 0 Å². The fraction of sp³-hybridized carbons (Fsp3) is 0.115. The fourth-order valence-electron chi connectivity index (χ4n) is 3.61. The van der Waals surface area contributed by atoms with E-state index in [0.717, 1.165) is 0 Å².